The Labute approximate surface area is 123 Å². The second kappa shape index (κ2) is 6.85. The topological polar surface area (TPSA) is 69.6 Å². The maximum Gasteiger partial charge on any atom is 0.317 e. The van der Waals surface area contributed by atoms with E-state index >= 15 is 0 Å². The van der Waals surface area contributed by atoms with E-state index in [-0.39, 0.29) is 30.5 Å². The number of hydrogen-bond donors (Lipinski definition) is 2. The molecule has 0 aliphatic carbocycles. The molecule has 1 rings (SSSR count). The summed E-state index contributed by atoms with van der Waals surface area (Å²) in [4.78, 5) is 25.2. The third kappa shape index (κ3) is 5.30. The van der Waals surface area contributed by atoms with Crippen molar-refractivity contribution < 1.29 is 14.7 Å². The molecule has 1 aromatic rings. The smallest absolute Gasteiger partial charge is 0.317 e. The molecule has 0 saturated heterocycles. The van der Waals surface area contributed by atoms with Gasteiger partial charge in [-0.15, -0.1) is 11.3 Å². The zero-order chi connectivity index (χ0) is 15.3. The van der Waals surface area contributed by atoms with Crippen LogP contribution in [0.25, 0.3) is 0 Å². The summed E-state index contributed by atoms with van der Waals surface area (Å²) in [5.74, 6) is -1.10. The van der Waals surface area contributed by atoms with Gasteiger partial charge in [0, 0.05) is 4.88 Å². The lowest BCUT2D eigenvalue weighted by Gasteiger charge is -2.31. The summed E-state index contributed by atoms with van der Waals surface area (Å²) in [6.07, 6.45) is 0. The molecule has 0 saturated carbocycles. The maximum absolute atomic E-state index is 12.0. The number of nitrogens with zero attached hydrogens (tertiary/aromatic N) is 1. The Balaban J connectivity index is 2.67. The first-order valence-electron chi connectivity index (χ1n) is 6.43. The van der Waals surface area contributed by atoms with E-state index in [4.69, 9.17) is 5.11 Å². The molecule has 20 heavy (non-hydrogen) atoms. The van der Waals surface area contributed by atoms with Crippen LogP contribution in [0, 0.1) is 5.41 Å². The zero-order valence-corrected chi connectivity index (χ0v) is 13.2. The second-order valence-corrected chi connectivity index (χ2v) is 6.93. The third-order valence-corrected chi connectivity index (χ3v) is 3.75. The van der Waals surface area contributed by atoms with Gasteiger partial charge in [-0.1, -0.05) is 26.8 Å². The average molecular weight is 298 g/mol. The molecular formula is C14H22N2O3S. The van der Waals surface area contributed by atoms with Crippen LogP contribution in [0.1, 0.15) is 31.7 Å². The molecule has 1 amide bonds. The van der Waals surface area contributed by atoms with Crippen LogP contribution in [0.5, 0.6) is 0 Å². The fourth-order valence-corrected chi connectivity index (χ4v) is 2.93. The summed E-state index contributed by atoms with van der Waals surface area (Å²) in [5, 5.41) is 13.7. The maximum atomic E-state index is 12.0. The van der Waals surface area contributed by atoms with E-state index in [1.165, 1.54) is 4.90 Å². The van der Waals surface area contributed by atoms with E-state index in [1.54, 1.807) is 18.4 Å². The van der Waals surface area contributed by atoms with E-state index in [1.807, 2.05) is 17.5 Å². The Kier molecular flexibility index (Phi) is 5.71. The molecule has 0 bridgehead atoms. The Morgan fingerprint density at radius 3 is 2.50 bits per heavy atom. The van der Waals surface area contributed by atoms with Gasteiger partial charge in [0.2, 0.25) is 5.91 Å². The number of carboxylic acid groups (broad SMARTS) is 1. The van der Waals surface area contributed by atoms with Crippen molar-refractivity contribution in [3.63, 3.8) is 0 Å². The van der Waals surface area contributed by atoms with Crippen molar-refractivity contribution in [3.05, 3.63) is 22.4 Å². The van der Waals surface area contributed by atoms with Gasteiger partial charge in [0.25, 0.3) is 0 Å². The van der Waals surface area contributed by atoms with Crippen LogP contribution in [0.2, 0.25) is 0 Å². The van der Waals surface area contributed by atoms with Crippen LogP contribution in [-0.4, -0.2) is 42.0 Å². The standard InChI is InChI=1S/C14H22N2O3S/c1-14(2,3)13(10-6-5-7-20-10)15-11(17)8-16(4)9-12(18)19/h5-7,13H,8-9H2,1-4H3,(H,15,17)(H,18,19). The molecule has 0 radical (unpaired) electrons. The van der Waals surface area contributed by atoms with E-state index in [0.717, 1.165) is 4.88 Å². The minimum absolute atomic E-state index is 0.0737. The Morgan fingerprint density at radius 2 is 2.05 bits per heavy atom. The van der Waals surface area contributed by atoms with Crippen LogP contribution in [0.15, 0.2) is 17.5 Å². The van der Waals surface area contributed by atoms with Gasteiger partial charge < -0.3 is 10.4 Å². The summed E-state index contributed by atoms with van der Waals surface area (Å²) >= 11 is 1.61. The number of amides is 1. The summed E-state index contributed by atoms with van der Waals surface area (Å²) in [6.45, 7) is 6.13. The molecule has 0 fully saturated rings. The van der Waals surface area contributed by atoms with E-state index < -0.39 is 5.97 Å². The SMILES string of the molecule is CN(CC(=O)O)CC(=O)NC(c1cccs1)C(C)(C)C. The fraction of sp³-hybridized carbons (Fsp3) is 0.571. The molecule has 2 N–H and O–H groups in total. The number of carboxylic acids is 1. The Morgan fingerprint density at radius 1 is 1.40 bits per heavy atom. The molecule has 0 aromatic carbocycles. The quantitative estimate of drug-likeness (QED) is 0.842. The van der Waals surface area contributed by atoms with Crippen molar-refractivity contribution >= 4 is 23.2 Å². The number of thiophene rings is 1. The summed E-state index contributed by atoms with van der Waals surface area (Å²) < 4.78 is 0. The van der Waals surface area contributed by atoms with Gasteiger partial charge in [0.1, 0.15) is 0 Å². The molecule has 1 atom stereocenters. The van der Waals surface area contributed by atoms with Crippen molar-refractivity contribution in [2.24, 2.45) is 5.41 Å². The van der Waals surface area contributed by atoms with Gasteiger partial charge in [-0.3, -0.25) is 14.5 Å². The van der Waals surface area contributed by atoms with Gasteiger partial charge in [-0.2, -0.15) is 0 Å². The van der Waals surface area contributed by atoms with Gasteiger partial charge in [0.15, 0.2) is 0 Å². The number of nitrogens with one attached hydrogen (secondary N) is 1. The normalized spacial score (nSPS) is 13.2. The first-order chi connectivity index (χ1) is 9.20. The highest BCUT2D eigenvalue weighted by Gasteiger charge is 2.28. The van der Waals surface area contributed by atoms with E-state index in [2.05, 4.69) is 26.1 Å². The highest BCUT2D eigenvalue weighted by atomic mass is 32.1. The molecule has 6 heteroatoms. The highest BCUT2D eigenvalue weighted by Crippen LogP contribution is 2.34. The van der Waals surface area contributed by atoms with Crippen LogP contribution >= 0.6 is 11.3 Å². The lowest BCUT2D eigenvalue weighted by atomic mass is 9.85. The summed E-state index contributed by atoms with van der Waals surface area (Å²) in [6, 6.07) is 3.89. The van der Waals surface area contributed by atoms with Gasteiger partial charge in [-0.05, 0) is 23.9 Å². The monoisotopic (exact) mass is 298 g/mol. The predicted molar refractivity (Wildman–Crippen MR) is 79.8 cm³/mol. The van der Waals surface area contributed by atoms with Crippen molar-refractivity contribution in [1.82, 2.24) is 10.2 Å². The number of carbonyl (C=O) groups is 2. The first-order valence-corrected chi connectivity index (χ1v) is 7.31. The first kappa shape index (κ1) is 16.7. The number of hydrogen-bond acceptors (Lipinski definition) is 4. The van der Waals surface area contributed by atoms with Crippen LogP contribution in [-0.2, 0) is 9.59 Å². The van der Waals surface area contributed by atoms with E-state index in [9.17, 15) is 9.59 Å². The summed E-state index contributed by atoms with van der Waals surface area (Å²) in [5.41, 5.74) is -0.105. The number of rotatable bonds is 6. The molecule has 0 spiro atoms. The largest absolute Gasteiger partial charge is 0.480 e. The van der Waals surface area contributed by atoms with E-state index in [0.29, 0.717) is 0 Å². The lowest BCUT2D eigenvalue weighted by Crippen LogP contribution is -2.42. The zero-order valence-electron chi connectivity index (χ0n) is 12.3. The van der Waals surface area contributed by atoms with Crippen LogP contribution in [0.3, 0.4) is 0 Å². The lowest BCUT2D eigenvalue weighted by molar-refractivity contribution is -0.138. The molecule has 5 nitrogen and oxygen atoms in total. The molecule has 112 valence electrons. The highest BCUT2D eigenvalue weighted by molar-refractivity contribution is 7.10. The summed E-state index contributed by atoms with van der Waals surface area (Å²) in [7, 11) is 1.62. The van der Waals surface area contributed by atoms with Gasteiger partial charge in [-0.25, -0.2) is 0 Å². The molecule has 0 aliphatic heterocycles. The molecule has 0 aliphatic rings. The molecular weight excluding hydrogens is 276 g/mol. The van der Waals surface area contributed by atoms with Crippen LogP contribution < -0.4 is 5.32 Å². The van der Waals surface area contributed by atoms with Crippen molar-refractivity contribution in [3.8, 4) is 0 Å². The van der Waals surface area contributed by atoms with Gasteiger partial charge >= 0.3 is 5.97 Å². The predicted octanol–water partition coefficient (Wildman–Crippen LogP) is 1.97. The minimum atomic E-state index is -0.939. The molecule has 1 aromatic heterocycles. The number of likely N-dealkylation sites (N-methyl/N-ethyl adjacent to an activating group) is 1. The fourth-order valence-electron chi connectivity index (χ4n) is 1.91. The Bertz CT molecular complexity index is 451. The Hall–Kier alpha value is -1.40. The van der Waals surface area contributed by atoms with Crippen molar-refractivity contribution in [2.45, 2.75) is 26.8 Å². The van der Waals surface area contributed by atoms with Gasteiger partial charge in [0.05, 0.1) is 19.1 Å². The second-order valence-electron chi connectivity index (χ2n) is 5.95. The van der Waals surface area contributed by atoms with Crippen LogP contribution in [0.4, 0.5) is 0 Å². The molecule has 1 unspecified atom stereocenters. The number of carbonyl (C=O) groups excluding carboxylic acids is 1. The number of aliphatic carboxylic acids is 1. The van der Waals surface area contributed by atoms with Crippen molar-refractivity contribution in [2.75, 3.05) is 20.1 Å². The minimum Gasteiger partial charge on any atom is -0.480 e. The third-order valence-electron chi connectivity index (χ3n) is 2.82. The molecule has 1 heterocycles. The van der Waals surface area contributed by atoms with Crippen molar-refractivity contribution in [1.29, 1.82) is 0 Å². The average Bonchev–Trinajstić information content (AvgIpc) is 2.75.